The normalized spacial score (nSPS) is 10.4. The van der Waals surface area contributed by atoms with Gasteiger partial charge >= 0.3 is 0 Å². The number of ether oxygens (including phenoxy) is 1. The van der Waals surface area contributed by atoms with Gasteiger partial charge in [-0.25, -0.2) is 14.4 Å². The summed E-state index contributed by atoms with van der Waals surface area (Å²) in [5, 5.41) is 0.0194. The van der Waals surface area contributed by atoms with Crippen LogP contribution in [0.1, 0.15) is 0 Å². The molecule has 0 saturated heterocycles. The van der Waals surface area contributed by atoms with E-state index in [0.717, 1.165) is 0 Å². The molecule has 0 aliphatic rings. The van der Waals surface area contributed by atoms with E-state index >= 15 is 0 Å². The fraction of sp³-hybridized carbons (Fsp3) is 0. The third kappa shape index (κ3) is 2.94. The Hall–Kier alpha value is -0.720. The lowest BCUT2D eigenvalue weighted by molar-refractivity contribution is 0.450. The Morgan fingerprint density at radius 3 is 2.71 bits per heavy atom. The molecular weight excluding hydrogens is 378 g/mol. The zero-order valence-electron chi connectivity index (χ0n) is 8.12. The van der Waals surface area contributed by atoms with Crippen molar-refractivity contribution in [2.45, 2.75) is 0 Å². The summed E-state index contributed by atoms with van der Waals surface area (Å²) in [4.78, 5) is 7.71. The molecular formula is C10H4Br2ClFN2O. The molecule has 7 heteroatoms. The summed E-state index contributed by atoms with van der Waals surface area (Å²) in [6.45, 7) is 0. The highest BCUT2D eigenvalue weighted by molar-refractivity contribution is 9.11. The summed E-state index contributed by atoms with van der Waals surface area (Å²) in [7, 11) is 0. The maximum atomic E-state index is 13.3. The summed E-state index contributed by atoms with van der Waals surface area (Å²) in [6, 6.07) is 2.60. The molecule has 3 nitrogen and oxygen atoms in total. The van der Waals surface area contributed by atoms with Gasteiger partial charge in [0.15, 0.2) is 0 Å². The molecule has 0 fully saturated rings. The molecule has 0 spiro atoms. The van der Waals surface area contributed by atoms with Gasteiger partial charge in [0.25, 0.3) is 0 Å². The zero-order chi connectivity index (χ0) is 12.4. The van der Waals surface area contributed by atoms with Crippen LogP contribution in [0.4, 0.5) is 4.39 Å². The van der Waals surface area contributed by atoms with Gasteiger partial charge in [-0.05, 0) is 37.9 Å². The third-order valence-corrected chi connectivity index (χ3v) is 3.27. The number of rotatable bonds is 2. The molecule has 0 aliphatic carbocycles. The Bertz CT molecular complexity index is 568. The molecule has 1 heterocycles. The smallest absolute Gasteiger partial charge is 0.236 e. The van der Waals surface area contributed by atoms with Crippen LogP contribution in [0.25, 0.3) is 0 Å². The van der Waals surface area contributed by atoms with E-state index in [1.54, 1.807) is 0 Å². The van der Waals surface area contributed by atoms with Crippen molar-refractivity contribution in [3.63, 3.8) is 0 Å². The van der Waals surface area contributed by atoms with E-state index in [2.05, 4.69) is 41.8 Å². The Kier molecular flexibility index (Phi) is 3.96. The molecule has 0 N–H and O–H groups in total. The van der Waals surface area contributed by atoms with Gasteiger partial charge in [-0.1, -0.05) is 11.6 Å². The molecule has 0 atom stereocenters. The van der Waals surface area contributed by atoms with E-state index in [-0.39, 0.29) is 10.8 Å². The van der Waals surface area contributed by atoms with Crippen LogP contribution in [0.2, 0.25) is 5.02 Å². The predicted molar refractivity (Wildman–Crippen MR) is 68.9 cm³/mol. The third-order valence-electron chi connectivity index (χ3n) is 1.82. The first-order valence-corrected chi connectivity index (χ1v) is 6.32. The van der Waals surface area contributed by atoms with Gasteiger partial charge in [-0.2, -0.15) is 0 Å². The number of halogens is 4. The quantitative estimate of drug-likeness (QED) is 0.713. The molecule has 88 valence electrons. The first-order chi connectivity index (χ1) is 8.08. The van der Waals surface area contributed by atoms with Gasteiger partial charge in [0, 0.05) is 12.3 Å². The van der Waals surface area contributed by atoms with Gasteiger partial charge < -0.3 is 4.74 Å². The number of hydrogen-bond donors (Lipinski definition) is 0. The lowest BCUT2D eigenvalue weighted by atomic mass is 10.3. The summed E-state index contributed by atoms with van der Waals surface area (Å²) in [6.07, 6.45) is 2.86. The fourth-order valence-electron chi connectivity index (χ4n) is 1.06. The molecule has 0 amide bonds. The van der Waals surface area contributed by atoms with E-state index in [0.29, 0.717) is 14.8 Å². The van der Waals surface area contributed by atoms with E-state index in [1.165, 1.54) is 24.7 Å². The van der Waals surface area contributed by atoms with E-state index in [4.69, 9.17) is 16.3 Å². The second kappa shape index (κ2) is 5.29. The van der Waals surface area contributed by atoms with E-state index < -0.39 is 5.82 Å². The summed E-state index contributed by atoms with van der Waals surface area (Å²) in [5.41, 5.74) is 0. The molecule has 0 saturated carbocycles. The summed E-state index contributed by atoms with van der Waals surface area (Å²) >= 11 is 12.1. The van der Waals surface area contributed by atoms with E-state index in [1.807, 2.05) is 0 Å². The maximum Gasteiger partial charge on any atom is 0.236 e. The minimum Gasteiger partial charge on any atom is -0.436 e. The van der Waals surface area contributed by atoms with Crippen LogP contribution in [-0.4, -0.2) is 9.97 Å². The Balaban J connectivity index is 2.37. The zero-order valence-corrected chi connectivity index (χ0v) is 12.1. The van der Waals surface area contributed by atoms with Crippen molar-refractivity contribution < 1.29 is 9.13 Å². The van der Waals surface area contributed by atoms with Crippen molar-refractivity contribution in [1.82, 2.24) is 9.97 Å². The van der Waals surface area contributed by atoms with Crippen LogP contribution < -0.4 is 4.74 Å². The lowest BCUT2D eigenvalue weighted by Gasteiger charge is -2.08. The number of nitrogens with zero attached hydrogens (tertiary/aromatic N) is 2. The average Bonchev–Trinajstić information content (AvgIpc) is 2.29. The Morgan fingerprint density at radius 2 is 2.00 bits per heavy atom. The van der Waals surface area contributed by atoms with Crippen molar-refractivity contribution in [1.29, 1.82) is 0 Å². The molecule has 1 aromatic carbocycles. The molecule has 2 aromatic rings. The molecule has 17 heavy (non-hydrogen) atoms. The highest BCUT2D eigenvalue weighted by Gasteiger charge is 2.11. The minimum atomic E-state index is -0.560. The van der Waals surface area contributed by atoms with Gasteiger partial charge in [-0.15, -0.1) is 0 Å². The van der Waals surface area contributed by atoms with Gasteiger partial charge in [0.05, 0.1) is 14.0 Å². The van der Waals surface area contributed by atoms with E-state index in [9.17, 15) is 4.39 Å². The van der Waals surface area contributed by atoms with Gasteiger partial charge in [0.2, 0.25) is 5.88 Å². The van der Waals surface area contributed by atoms with Crippen LogP contribution in [0, 0.1) is 5.82 Å². The Labute approximate surface area is 118 Å². The Morgan fingerprint density at radius 1 is 1.24 bits per heavy atom. The monoisotopic (exact) mass is 380 g/mol. The highest BCUT2D eigenvalue weighted by atomic mass is 79.9. The second-order valence-corrected chi connectivity index (χ2v) is 5.09. The SMILES string of the molecule is Fc1cc(Oc2ncncc2Br)c(Br)cc1Cl. The number of hydrogen-bond acceptors (Lipinski definition) is 3. The molecule has 0 unspecified atom stereocenters. The standard InChI is InChI=1S/C10H4Br2ClFN2O/c11-5-1-7(13)8(14)2-9(5)17-10-6(12)3-15-4-16-10/h1-4H. The molecule has 0 aliphatic heterocycles. The average molecular weight is 382 g/mol. The minimum absolute atomic E-state index is 0.0194. The largest absolute Gasteiger partial charge is 0.436 e. The van der Waals surface area contributed by atoms with Crippen LogP contribution in [-0.2, 0) is 0 Å². The van der Waals surface area contributed by atoms with Crippen molar-refractivity contribution in [2.24, 2.45) is 0 Å². The van der Waals surface area contributed by atoms with Crippen LogP contribution in [0.15, 0.2) is 33.6 Å². The van der Waals surface area contributed by atoms with Crippen molar-refractivity contribution in [3.8, 4) is 11.6 Å². The molecule has 0 radical (unpaired) electrons. The number of aromatic nitrogens is 2. The van der Waals surface area contributed by atoms with Crippen LogP contribution >= 0.6 is 43.5 Å². The summed E-state index contributed by atoms with van der Waals surface area (Å²) in [5.74, 6) is 0.0174. The van der Waals surface area contributed by atoms with Crippen LogP contribution in [0.3, 0.4) is 0 Å². The number of benzene rings is 1. The topological polar surface area (TPSA) is 35.0 Å². The predicted octanol–water partition coefficient (Wildman–Crippen LogP) is 4.59. The first kappa shape index (κ1) is 12.7. The van der Waals surface area contributed by atoms with Gasteiger partial charge in [0.1, 0.15) is 17.9 Å². The molecule has 2 rings (SSSR count). The highest BCUT2D eigenvalue weighted by Crippen LogP contribution is 2.34. The second-order valence-electron chi connectivity index (χ2n) is 2.97. The maximum absolute atomic E-state index is 13.3. The molecule has 1 aromatic heterocycles. The van der Waals surface area contributed by atoms with Crippen molar-refractivity contribution >= 4 is 43.5 Å². The van der Waals surface area contributed by atoms with Crippen LogP contribution in [0.5, 0.6) is 11.6 Å². The van der Waals surface area contributed by atoms with Gasteiger partial charge in [-0.3, -0.25) is 0 Å². The van der Waals surface area contributed by atoms with Crippen molar-refractivity contribution in [3.05, 3.63) is 44.4 Å². The first-order valence-electron chi connectivity index (χ1n) is 4.36. The summed E-state index contributed by atoms with van der Waals surface area (Å²) < 4.78 is 19.8. The molecule has 0 bridgehead atoms. The van der Waals surface area contributed by atoms with Crippen molar-refractivity contribution in [2.75, 3.05) is 0 Å². The lowest BCUT2D eigenvalue weighted by Crippen LogP contribution is -1.92. The fourth-order valence-corrected chi connectivity index (χ4v) is 2.08.